The molecule has 1 aliphatic heterocycles. The molecule has 0 radical (unpaired) electrons. The highest BCUT2D eigenvalue weighted by Crippen LogP contribution is 2.36. The fraction of sp³-hybridized carbons (Fsp3) is 0.333. The third-order valence-electron chi connectivity index (χ3n) is 5.20. The van der Waals surface area contributed by atoms with Crippen molar-refractivity contribution in [3.63, 3.8) is 0 Å². The molecule has 1 saturated heterocycles. The molecule has 5 nitrogen and oxygen atoms in total. The van der Waals surface area contributed by atoms with E-state index in [0.717, 1.165) is 16.6 Å². The van der Waals surface area contributed by atoms with Crippen LogP contribution in [0.15, 0.2) is 64.6 Å². The summed E-state index contributed by atoms with van der Waals surface area (Å²) < 4.78 is 12.2. The number of benzene rings is 2. The van der Waals surface area contributed by atoms with Crippen LogP contribution in [-0.2, 0) is 9.31 Å². The third kappa shape index (κ3) is 3.97. The molecule has 0 amide bonds. The molecular formula is C21H26BN3O2. The van der Waals surface area contributed by atoms with E-state index in [4.69, 9.17) is 15.0 Å². The molecule has 3 rings (SSSR count). The predicted molar refractivity (Wildman–Crippen MR) is 112 cm³/mol. The number of amidine groups is 2. The van der Waals surface area contributed by atoms with Gasteiger partial charge < -0.3 is 15.0 Å². The molecule has 6 heteroatoms. The first-order valence-electron chi connectivity index (χ1n) is 9.06. The molecule has 1 fully saturated rings. The third-order valence-corrected chi connectivity index (χ3v) is 5.20. The maximum absolute atomic E-state index is 6.13. The second-order valence-corrected chi connectivity index (χ2v) is 7.62. The highest BCUT2D eigenvalue weighted by atomic mass is 16.7. The number of hydrogen-bond acceptors (Lipinski definition) is 3. The fourth-order valence-electron chi connectivity index (χ4n) is 2.80. The van der Waals surface area contributed by atoms with Crippen molar-refractivity contribution in [1.82, 2.24) is 0 Å². The summed E-state index contributed by atoms with van der Waals surface area (Å²) in [5.74, 6) is 1.02. The van der Waals surface area contributed by atoms with E-state index in [9.17, 15) is 0 Å². The van der Waals surface area contributed by atoms with Gasteiger partial charge in [-0.3, -0.25) is 4.99 Å². The van der Waals surface area contributed by atoms with Crippen molar-refractivity contribution in [2.75, 3.05) is 7.05 Å². The van der Waals surface area contributed by atoms with Gasteiger partial charge in [-0.1, -0.05) is 54.6 Å². The van der Waals surface area contributed by atoms with Gasteiger partial charge in [0.2, 0.25) is 0 Å². The molecule has 140 valence electrons. The Labute approximate surface area is 161 Å². The molecule has 0 spiro atoms. The van der Waals surface area contributed by atoms with Crippen molar-refractivity contribution in [2.45, 2.75) is 38.9 Å². The molecule has 0 aromatic heterocycles. The fourth-order valence-corrected chi connectivity index (χ4v) is 2.80. The molecule has 0 bridgehead atoms. The Kier molecular flexibility index (Phi) is 5.22. The van der Waals surface area contributed by atoms with E-state index >= 15 is 0 Å². The Morgan fingerprint density at radius 1 is 0.852 bits per heavy atom. The van der Waals surface area contributed by atoms with Crippen LogP contribution in [0.1, 0.15) is 38.8 Å². The van der Waals surface area contributed by atoms with E-state index in [-0.39, 0.29) is 18.3 Å². The monoisotopic (exact) mass is 363 g/mol. The lowest BCUT2D eigenvalue weighted by Gasteiger charge is -2.32. The SMILES string of the molecule is CN=C(N=C(N)c1ccccc1)c1ccc(B2OC(C)(C)C(C)(C)O2)cc1. The summed E-state index contributed by atoms with van der Waals surface area (Å²) >= 11 is 0. The lowest BCUT2D eigenvalue weighted by atomic mass is 9.79. The van der Waals surface area contributed by atoms with Crippen molar-refractivity contribution in [3.05, 3.63) is 65.7 Å². The Balaban J connectivity index is 1.81. The molecule has 0 unspecified atom stereocenters. The van der Waals surface area contributed by atoms with Crippen molar-refractivity contribution in [3.8, 4) is 0 Å². The topological polar surface area (TPSA) is 69.2 Å². The van der Waals surface area contributed by atoms with E-state index in [1.54, 1.807) is 7.05 Å². The van der Waals surface area contributed by atoms with Crippen molar-refractivity contribution in [1.29, 1.82) is 0 Å². The van der Waals surface area contributed by atoms with Gasteiger partial charge in [-0.25, -0.2) is 4.99 Å². The molecule has 0 aliphatic carbocycles. The summed E-state index contributed by atoms with van der Waals surface area (Å²) in [5.41, 5.74) is 8.13. The Hall–Kier alpha value is -2.44. The molecule has 27 heavy (non-hydrogen) atoms. The predicted octanol–water partition coefficient (Wildman–Crippen LogP) is 2.77. The zero-order chi connectivity index (χ0) is 19.7. The van der Waals surface area contributed by atoms with Gasteiger partial charge in [-0.05, 0) is 33.2 Å². The maximum Gasteiger partial charge on any atom is 0.494 e. The van der Waals surface area contributed by atoms with Crippen LogP contribution in [0, 0.1) is 0 Å². The number of rotatable bonds is 3. The van der Waals surface area contributed by atoms with Gasteiger partial charge in [0.1, 0.15) is 5.84 Å². The van der Waals surface area contributed by atoms with E-state index in [2.05, 4.69) is 9.98 Å². The summed E-state index contributed by atoms with van der Waals surface area (Å²) in [6.45, 7) is 8.18. The second kappa shape index (κ2) is 7.29. The average molecular weight is 363 g/mol. The molecule has 1 heterocycles. The Morgan fingerprint density at radius 2 is 1.41 bits per heavy atom. The standard InChI is InChI=1S/C21H26BN3O2/c1-20(2)21(3,4)27-22(26-20)17-13-11-16(12-14-17)19(24-5)25-18(23)15-9-7-6-8-10-15/h6-14H,1-5H3,(H2,23,24,25). The second-order valence-electron chi connectivity index (χ2n) is 7.62. The van der Waals surface area contributed by atoms with Gasteiger partial charge in [0, 0.05) is 18.2 Å². The van der Waals surface area contributed by atoms with Gasteiger partial charge in [0.05, 0.1) is 11.2 Å². The zero-order valence-corrected chi connectivity index (χ0v) is 16.6. The number of nitrogens with two attached hydrogens (primary N) is 1. The largest absolute Gasteiger partial charge is 0.494 e. The normalized spacial score (nSPS) is 19.4. The van der Waals surface area contributed by atoms with Gasteiger partial charge >= 0.3 is 7.12 Å². The highest BCUT2D eigenvalue weighted by Gasteiger charge is 2.51. The first-order valence-corrected chi connectivity index (χ1v) is 9.06. The summed E-state index contributed by atoms with van der Waals surface area (Å²) in [6.07, 6.45) is 0. The summed E-state index contributed by atoms with van der Waals surface area (Å²) in [7, 11) is 1.32. The van der Waals surface area contributed by atoms with Crippen molar-refractivity contribution < 1.29 is 9.31 Å². The van der Waals surface area contributed by atoms with E-state index in [0.29, 0.717) is 11.7 Å². The van der Waals surface area contributed by atoms with Crippen LogP contribution in [0.5, 0.6) is 0 Å². The van der Waals surface area contributed by atoms with Gasteiger partial charge in [0.15, 0.2) is 5.84 Å². The first-order chi connectivity index (χ1) is 12.7. The molecule has 2 aromatic rings. The average Bonchev–Trinajstić information content (AvgIpc) is 2.88. The van der Waals surface area contributed by atoms with Crippen LogP contribution in [0.4, 0.5) is 0 Å². The molecule has 0 atom stereocenters. The maximum atomic E-state index is 6.13. The van der Waals surface area contributed by atoms with Crippen LogP contribution in [0.3, 0.4) is 0 Å². The molecule has 2 N–H and O–H groups in total. The molecule has 1 aliphatic rings. The zero-order valence-electron chi connectivity index (χ0n) is 16.6. The van der Waals surface area contributed by atoms with Gasteiger partial charge in [0.25, 0.3) is 0 Å². The van der Waals surface area contributed by atoms with E-state index in [1.165, 1.54) is 0 Å². The van der Waals surface area contributed by atoms with Crippen LogP contribution in [0.25, 0.3) is 0 Å². The summed E-state index contributed by atoms with van der Waals surface area (Å²) in [5, 5.41) is 0. The summed E-state index contributed by atoms with van der Waals surface area (Å²) in [4.78, 5) is 8.77. The lowest BCUT2D eigenvalue weighted by molar-refractivity contribution is 0.00578. The van der Waals surface area contributed by atoms with Gasteiger partial charge in [-0.15, -0.1) is 0 Å². The Morgan fingerprint density at radius 3 is 1.93 bits per heavy atom. The number of aliphatic imine (C=N–C) groups is 2. The minimum atomic E-state index is -0.385. The highest BCUT2D eigenvalue weighted by molar-refractivity contribution is 6.62. The minimum absolute atomic E-state index is 0.360. The molecule has 2 aromatic carbocycles. The van der Waals surface area contributed by atoms with E-state index in [1.807, 2.05) is 82.3 Å². The smallest absolute Gasteiger partial charge is 0.399 e. The number of hydrogen-bond donors (Lipinski definition) is 1. The lowest BCUT2D eigenvalue weighted by Crippen LogP contribution is -2.41. The van der Waals surface area contributed by atoms with Crippen LogP contribution < -0.4 is 11.2 Å². The van der Waals surface area contributed by atoms with Crippen molar-refractivity contribution in [2.24, 2.45) is 15.7 Å². The first kappa shape index (κ1) is 19.3. The van der Waals surface area contributed by atoms with Crippen LogP contribution >= 0.6 is 0 Å². The van der Waals surface area contributed by atoms with Crippen LogP contribution in [0.2, 0.25) is 0 Å². The molecular weight excluding hydrogens is 337 g/mol. The van der Waals surface area contributed by atoms with Crippen LogP contribution in [-0.4, -0.2) is 37.0 Å². The number of nitrogens with zero attached hydrogens (tertiary/aromatic N) is 2. The summed E-state index contributed by atoms with van der Waals surface area (Å²) in [6, 6.07) is 17.5. The molecule has 0 saturated carbocycles. The van der Waals surface area contributed by atoms with E-state index < -0.39 is 0 Å². The minimum Gasteiger partial charge on any atom is -0.399 e. The van der Waals surface area contributed by atoms with Crippen molar-refractivity contribution >= 4 is 24.3 Å². The quantitative estimate of drug-likeness (QED) is 0.518. The van der Waals surface area contributed by atoms with Gasteiger partial charge in [-0.2, -0.15) is 0 Å². The Bertz CT molecular complexity index is 843.